The fraction of sp³-hybridized carbons (Fsp3) is 0.818. The SMILES string of the molecule is CC(C)c1noc(C2(C)CCCNC2)n1. The summed E-state index contributed by atoms with van der Waals surface area (Å²) in [6.45, 7) is 8.39. The molecule has 2 rings (SSSR count). The van der Waals surface area contributed by atoms with E-state index in [1.54, 1.807) is 0 Å². The van der Waals surface area contributed by atoms with E-state index >= 15 is 0 Å². The van der Waals surface area contributed by atoms with Crippen LogP contribution in [0.25, 0.3) is 0 Å². The maximum absolute atomic E-state index is 5.37. The highest BCUT2D eigenvalue weighted by Crippen LogP contribution is 2.29. The van der Waals surface area contributed by atoms with Crippen LogP contribution in [0.5, 0.6) is 0 Å². The molecule has 1 aromatic heterocycles. The Kier molecular flexibility index (Phi) is 2.78. The number of rotatable bonds is 2. The molecule has 0 amide bonds. The minimum Gasteiger partial charge on any atom is -0.339 e. The number of nitrogens with one attached hydrogen (secondary N) is 1. The summed E-state index contributed by atoms with van der Waals surface area (Å²) >= 11 is 0. The van der Waals surface area contributed by atoms with Crippen molar-refractivity contribution in [2.45, 2.75) is 44.9 Å². The first-order chi connectivity index (χ1) is 7.12. The van der Waals surface area contributed by atoms with Crippen molar-refractivity contribution >= 4 is 0 Å². The summed E-state index contributed by atoms with van der Waals surface area (Å²) in [4.78, 5) is 4.49. The van der Waals surface area contributed by atoms with Gasteiger partial charge in [0.2, 0.25) is 5.89 Å². The molecule has 1 saturated heterocycles. The highest BCUT2D eigenvalue weighted by molar-refractivity contribution is 5.07. The Hall–Kier alpha value is -0.900. The van der Waals surface area contributed by atoms with Crippen LogP contribution in [0.1, 0.15) is 51.2 Å². The first-order valence-corrected chi connectivity index (χ1v) is 5.67. The molecule has 1 unspecified atom stereocenters. The average Bonchev–Trinajstić information content (AvgIpc) is 2.68. The van der Waals surface area contributed by atoms with E-state index in [1.807, 2.05) is 0 Å². The van der Waals surface area contributed by atoms with Crippen molar-refractivity contribution in [2.24, 2.45) is 0 Å². The molecule has 1 aromatic rings. The lowest BCUT2D eigenvalue weighted by molar-refractivity contribution is 0.244. The van der Waals surface area contributed by atoms with Crippen molar-refractivity contribution in [2.75, 3.05) is 13.1 Å². The van der Waals surface area contributed by atoms with Gasteiger partial charge in [0.15, 0.2) is 5.82 Å². The van der Waals surface area contributed by atoms with Gasteiger partial charge in [-0.1, -0.05) is 19.0 Å². The van der Waals surface area contributed by atoms with Crippen molar-refractivity contribution in [3.8, 4) is 0 Å². The Balaban J connectivity index is 2.20. The maximum Gasteiger partial charge on any atom is 0.233 e. The average molecular weight is 209 g/mol. The number of aromatic nitrogens is 2. The highest BCUT2D eigenvalue weighted by Gasteiger charge is 2.34. The fourth-order valence-electron chi connectivity index (χ4n) is 1.95. The molecular weight excluding hydrogens is 190 g/mol. The third kappa shape index (κ3) is 2.04. The summed E-state index contributed by atoms with van der Waals surface area (Å²) < 4.78 is 5.37. The van der Waals surface area contributed by atoms with E-state index in [0.29, 0.717) is 5.92 Å². The predicted molar refractivity (Wildman–Crippen MR) is 57.8 cm³/mol. The van der Waals surface area contributed by atoms with Crippen molar-refractivity contribution in [1.29, 1.82) is 0 Å². The van der Waals surface area contributed by atoms with Crippen LogP contribution in [-0.4, -0.2) is 23.2 Å². The third-order valence-electron chi connectivity index (χ3n) is 3.07. The maximum atomic E-state index is 5.37. The second-order valence-corrected chi connectivity index (χ2v) is 4.95. The highest BCUT2D eigenvalue weighted by atomic mass is 16.5. The van der Waals surface area contributed by atoms with Crippen LogP contribution in [-0.2, 0) is 5.41 Å². The molecule has 1 aliphatic heterocycles. The molecule has 0 saturated carbocycles. The minimum atomic E-state index is 0.0262. The van der Waals surface area contributed by atoms with Crippen LogP contribution in [0.4, 0.5) is 0 Å². The summed E-state index contributed by atoms with van der Waals surface area (Å²) in [5.41, 5.74) is 0.0262. The fourth-order valence-corrected chi connectivity index (χ4v) is 1.95. The molecule has 0 aromatic carbocycles. The molecule has 1 fully saturated rings. The number of piperidine rings is 1. The van der Waals surface area contributed by atoms with Gasteiger partial charge in [-0.3, -0.25) is 0 Å². The van der Waals surface area contributed by atoms with Crippen LogP contribution in [0, 0.1) is 0 Å². The summed E-state index contributed by atoms with van der Waals surface area (Å²) in [5, 5.41) is 7.41. The van der Waals surface area contributed by atoms with Crippen molar-refractivity contribution in [3.63, 3.8) is 0 Å². The summed E-state index contributed by atoms with van der Waals surface area (Å²) in [5.74, 6) is 1.94. The van der Waals surface area contributed by atoms with Gasteiger partial charge < -0.3 is 9.84 Å². The molecule has 4 heteroatoms. The van der Waals surface area contributed by atoms with Gasteiger partial charge in [0.1, 0.15) is 0 Å². The van der Waals surface area contributed by atoms with E-state index in [4.69, 9.17) is 4.52 Å². The zero-order valence-electron chi connectivity index (χ0n) is 9.71. The van der Waals surface area contributed by atoms with Gasteiger partial charge in [-0.15, -0.1) is 0 Å². The molecule has 1 N–H and O–H groups in total. The lowest BCUT2D eigenvalue weighted by atomic mass is 9.83. The Morgan fingerprint density at radius 2 is 2.27 bits per heavy atom. The van der Waals surface area contributed by atoms with Gasteiger partial charge in [0.25, 0.3) is 0 Å². The Bertz CT molecular complexity index is 326. The molecular formula is C11H19N3O. The van der Waals surface area contributed by atoms with Crippen molar-refractivity contribution < 1.29 is 4.52 Å². The second kappa shape index (κ2) is 3.93. The summed E-state index contributed by atoms with van der Waals surface area (Å²) in [6.07, 6.45) is 2.30. The monoisotopic (exact) mass is 209 g/mol. The lowest BCUT2D eigenvalue weighted by Crippen LogP contribution is -2.41. The zero-order valence-corrected chi connectivity index (χ0v) is 9.71. The Labute approximate surface area is 90.4 Å². The molecule has 0 aliphatic carbocycles. The number of hydrogen-bond donors (Lipinski definition) is 1. The van der Waals surface area contributed by atoms with E-state index in [9.17, 15) is 0 Å². The second-order valence-electron chi connectivity index (χ2n) is 4.95. The number of nitrogens with zero attached hydrogens (tertiary/aromatic N) is 2. The molecule has 0 radical (unpaired) electrons. The molecule has 4 nitrogen and oxygen atoms in total. The van der Waals surface area contributed by atoms with E-state index < -0.39 is 0 Å². The molecule has 0 spiro atoms. The smallest absolute Gasteiger partial charge is 0.233 e. The largest absolute Gasteiger partial charge is 0.339 e. The molecule has 84 valence electrons. The van der Waals surface area contributed by atoms with Crippen LogP contribution in [0.2, 0.25) is 0 Å². The van der Waals surface area contributed by atoms with Gasteiger partial charge in [-0.05, 0) is 26.3 Å². The lowest BCUT2D eigenvalue weighted by Gasteiger charge is -2.30. The Morgan fingerprint density at radius 1 is 1.47 bits per heavy atom. The van der Waals surface area contributed by atoms with E-state index in [1.165, 1.54) is 6.42 Å². The molecule has 0 bridgehead atoms. The van der Waals surface area contributed by atoms with Crippen molar-refractivity contribution in [1.82, 2.24) is 15.5 Å². The molecule has 1 atom stereocenters. The van der Waals surface area contributed by atoms with Gasteiger partial charge in [0, 0.05) is 12.5 Å². The third-order valence-corrected chi connectivity index (χ3v) is 3.07. The molecule has 1 aliphatic rings. The topological polar surface area (TPSA) is 51.0 Å². The van der Waals surface area contributed by atoms with E-state index in [-0.39, 0.29) is 5.41 Å². The van der Waals surface area contributed by atoms with Gasteiger partial charge in [-0.2, -0.15) is 4.98 Å². The van der Waals surface area contributed by atoms with E-state index in [0.717, 1.165) is 31.2 Å². The zero-order chi connectivity index (χ0) is 10.9. The van der Waals surface area contributed by atoms with Crippen LogP contribution >= 0.6 is 0 Å². The van der Waals surface area contributed by atoms with Gasteiger partial charge in [0.05, 0.1) is 5.41 Å². The first kappa shape index (κ1) is 10.6. The molecule has 2 heterocycles. The number of hydrogen-bond acceptors (Lipinski definition) is 4. The van der Waals surface area contributed by atoms with E-state index in [2.05, 4.69) is 36.2 Å². The summed E-state index contributed by atoms with van der Waals surface area (Å²) in [6, 6.07) is 0. The van der Waals surface area contributed by atoms with Gasteiger partial charge >= 0.3 is 0 Å². The molecule has 15 heavy (non-hydrogen) atoms. The van der Waals surface area contributed by atoms with Crippen molar-refractivity contribution in [3.05, 3.63) is 11.7 Å². The standard InChI is InChI=1S/C11H19N3O/c1-8(2)9-13-10(15-14-9)11(3)5-4-6-12-7-11/h8,12H,4-7H2,1-3H3. The van der Waals surface area contributed by atoms with Crippen LogP contribution in [0.3, 0.4) is 0 Å². The summed E-state index contributed by atoms with van der Waals surface area (Å²) in [7, 11) is 0. The minimum absolute atomic E-state index is 0.0262. The quantitative estimate of drug-likeness (QED) is 0.807. The predicted octanol–water partition coefficient (Wildman–Crippen LogP) is 1.83. The van der Waals surface area contributed by atoms with Crippen LogP contribution in [0.15, 0.2) is 4.52 Å². The first-order valence-electron chi connectivity index (χ1n) is 5.67. The van der Waals surface area contributed by atoms with Gasteiger partial charge in [-0.25, -0.2) is 0 Å². The van der Waals surface area contributed by atoms with Crippen LogP contribution < -0.4 is 5.32 Å². The Morgan fingerprint density at radius 3 is 2.80 bits per heavy atom. The normalized spacial score (nSPS) is 27.2.